The van der Waals surface area contributed by atoms with Crippen molar-refractivity contribution in [3.05, 3.63) is 59.8 Å². The zero-order valence-corrected chi connectivity index (χ0v) is 11.7. The summed E-state index contributed by atoms with van der Waals surface area (Å²) in [4.78, 5) is 8.87. The van der Waals surface area contributed by atoms with Gasteiger partial charge in [0.15, 0.2) is 5.65 Å². The summed E-state index contributed by atoms with van der Waals surface area (Å²) >= 11 is 5.99. The second kappa shape index (κ2) is 5.21. The van der Waals surface area contributed by atoms with Crippen molar-refractivity contribution in [2.24, 2.45) is 0 Å². The Balaban J connectivity index is 2.15. The molecule has 0 spiro atoms. The van der Waals surface area contributed by atoms with E-state index >= 15 is 0 Å². The van der Waals surface area contributed by atoms with Gasteiger partial charge >= 0.3 is 0 Å². The Morgan fingerprint density at radius 3 is 2.70 bits per heavy atom. The molecule has 0 aliphatic heterocycles. The van der Waals surface area contributed by atoms with Crippen molar-refractivity contribution in [2.45, 2.75) is 18.8 Å². The Hall–Kier alpha value is -1.94. The number of nitrogens with zero attached hydrogens (tertiary/aromatic N) is 3. The van der Waals surface area contributed by atoms with Crippen molar-refractivity contribution in [1.82, 2.24) is 14.5 Å². The minimum atomic E-state index is -0.243. The van der Waals surface area contributed by atoms with Gasteiger partial charge in [-0.25, -0.2) is 14.4 Å². The van der Waals surface area contributed by atoms with Gasteiger partial charge in [-0.05, 0) is 36.8 Å². The molecule has 0 bridgehead atoms. The average molecular weight is 290 g/mol. The molecule has 3 nitrogen and oxygen atoms in total. The first kappa shape index (κ1) is 13.1. The van der Waals surface area contributed by atoms with Crippen LogP contribution in [-0.4, -0.2) is 14.5 Å². The standard InChI is InChI=1S/C15H13ClFN3/c1-10(11-4-6-12(17)7-5-11)20-14(9-16)19-13-3-2-8-18-15(13)20/h2-8,10H,9H2,1H3. The van der Waals surface area contributed by atoms with Crippen LogP contribution >= 0.6 is 11.6 Å². The molecular weight excluding hydrogens is 277 g/mol. The van der Waals surface area contributed by atoms with Crippen LogP contribution in [0.1, 0.15) is 24.4 Å². The molecule has 5 heteroatoms. The maximum Gasteiger partial charge on any atom is 0.160 e. The van der Waals surface area contributed by atoms with Gasteiger partial charge in [0, 0.05) is 6.20 Å². The number of rotatable bonds is 3. The number of pyridine rings is 1. The fraction of sp³-hybridized carbons (Fsp3) is 0.200. The first-order chi connectivity index (χ1) is 9.70. The van der Waals surface area contributed by atoms with Gasteiger partial charge in [0.25, 0.3) is 0 Å². The number of halogens is 2. The molecule has 0 N–H and O–H groups in total. The van der Waals surface area contributed by atoms with Crippen molar-refractivity contribution in [3.63, 3.8) is 0 Å². The zero-order chi connectivity index (χ0) is 14.1. The fourth-order valence-electron chi connectivity index (χ4n) is 2.37. The van der Waals surface area contributed by atoms with E-state index in [0.29, 0.717) is 5.88 Å². The summed E-state index contributed by atoms with van der Waals surface area (Å²) in [5.74, 6) is 0.825. The number of benzene rings is 1. The van der Waals surface area contributed by atoms with Gasteiger partial charge in [0.1, 0.15) is 17.2 Å². The summed E-state index contributed by atoms with van der Waals surface area (Å²) < 4.78 is 15.0. The zero-order valence-electron chi connectivity index (χ0n) is 10.9. The maximum absolute atomic E-state index is 13.0. The molecule has 102 valence electrons. The number of alkyl halides is 1. The van der Waals surface area contributed by atoms with E-state index in [1.807, 2.05) is 23.6 Å². The lowest BCUT2D eigenvalue weighted by Gasteiger charge is -2.16. The third kappa shape index (κ3) is 2.16. The fourth-order valence-corrected chi connectivity index (χ4v) is 2.56. The summed E-state index contributed by atoms with van der Waals surface area (Å²) in [5, 5.41) is 0. The van der Waals surface area contributed by atoms with Crippen LogP contribution in [0.15, 0.2) is 42.6 Å². The third-order valence-corrected chi connectivity index (χ3v) is 3.62. The van der Waals surface area contributed by atoms with E-state index in [1.54, 1.807) is 18.3 Å². The van der Waals surface area contributed by atoms with E-state index in [0.717, 1.165) is 22.6 Å². The van der Waals surface area contributed by atoms with E-state index in [1.165, 1.54) is 12.1 Å². The largest absolute Gasteiger partial charge is 0.304 e. The highest BCUT2D eigenvalue weighted by Crippen LogP contribution is 2.25. The summed E-state index contributed by atoms with van der Waals surface area (Å²) in [6.07, 6.45) is 1.73. The summed E-state index contributed by atoms with van der Waals surface area (Å²) in [6, 6.07) is 10.2. The van der Waals surface area contributed by atoms with Crippen LogP contribution in [0.5, 0.6) is 0 Å². The van der Waals surface area contributed by atoms with Gasteiger partial charge in [-0.15, -0.1) is 11.6 Å². The topological polar surface area (TPSA) is 30.7 Å². The molecule has 2 aromatic heterocycles. The van der Waals surface area contributed by atoms with Crippen LogP contribution in [0.25, 0.3) is 11.2 Å². The molecule has 0 aliphatic carbocycles. The lowest BCUT2D eigenvalue weighted by Crippen LogP contribution is -2.10. The number of aromatic nitrogens is 3. The molecule has 2 heterocycles. The Labute approximate surface area is 121 Å². The van der Waals surface area contributed by atoms with Crippen LogP contribution in [0, 0.1) is 5.82 Å². The molecule has 1 aromatic carbocycles. The molecule has 1 unspecified atom stereocenters. The van der Waals surface area contributed by atoms with Crippen molar-refractivity contribution in [3.8, 4) is 0 Å². The van der Waals surface area contributed by atoms with Crippen LogP contribution in [-0.2, 0) is 5.88 Å². The molecule has 3 aromatic rings. The second-order valence-corrected chi connectivity index (χ2v) is 4.87. The number of fused-ring (bicyclic) bond motifs is 1. The van der Waals surface area contributed by atoms with Gasteiger partial charge in [-0.3, -0.25) is 0 Å². The summed E-state index contributed by atoms with van der Waals surface area (Å²) in [6.45, 7) is 2.03. The Kier molecular flexibility index (Phi) is 3.40. The molecule has 0 fully saturated rings. The minimum absolute atomic E-state index is 0.00995. The highest BCUT2D eigenvalue weighted by molar-refractivity contribution is 6.16. The predicted octanol–water partition coefficient (Wildman–Crippen LogP) is 3.92. The maximum atomic E-state index is 13.0. The number of hydrogen-bond donors (Lipinski definition) is 0. The highest BCUT2D eigenvalue weighted by Gasteiger charge is 2.17. The SMILES string of the molecule is CC(c1ccc(F)cc1)n1c(CCl)nc2cccnc21. The third-order valence-electron chi connectivity index (χ3n) is 3.38. The van der Waals surface area contributed by atoms with Crippen molar-refractivity contribution in [2.75, 3.05) is 0 Å². The van der Waals surface area contributed by atoms with Crippen molar-refractivity contribution in [1.29, 1.82) is 0 Å². The van der Waals surface area contributed by atoms with E-state index in [2.05, 4.69) is 9.97 Å². The summed E-state index contributed by atoms with van der Waals surface area (Å²) in [7, 11) is 0. The van der Waals surface area contributed by atoms with Crippen molar-refractivity contribution >= 4 is 22.8 Å². The quantitative estimate of drug-likeness (QED) is 0.684. The van der Waals surface area contributed by atoms with Gasteiger partial charge in [0.05, 0.1) is 11.9 Å². The first-order valence-corrected chi connectivity index (χ1v) is 6.87. The highest BCUT2D eigenvalue weighted by atomic mass is 35.5. The number of imidazole rings is 1. The molecule has 0 radical (unpaired) electrons. The monoisotopic (exact) mass is 289 g/mol. The van der Waals surface area contributed by atoms with Crippen LogP contribution in [0.4, 0.5) is 4.39 Å². The molecule has 3 rings (SSSR count). The molecule has 0 saturated carbocycles. The molecular formula is C15H13ClFN3. The Morgan fingerprint density at radius 1 is 1.25 bits per heavy atom. The van der Waals surface area contributed by atoms with E-state index in [-0.39, 0.29) is 11.9 Å². The number of hydrogen-bond acceptors (Lipinski definition) is 2. The lowest BCUT2D eigenvalue weighted by molar-refractivity contribution is 0.612. The molecule has 0 saturated heterocycles. The second-order valence-electron chi connectivity index (χ2n) is 4.61. The average Bonchev–Trinajstić information content (AvgIpc) is 2.85. The minimum Gasteiger partial charge on any atom is -0.304 e. The Morgan fingerprint density at radius 2 is 2.00 bits per heavy atom. The van der Waals surface area contributed by atoms with Gasteiger partial charge < -0.3 is 4.57 Å². The molecule has 1 atom stereocenters. The predicted molar refractivity (Wildman–Crippen MR) is 77.3 cm³/mol. The Bertz CT molecular complexity index is 736. The van der Waals surface area contributed by atoms with Crippen LogP contribution in [0.2, 0.25) is 0 Å². The summed E-state index contributed by atoms with van der Waals surface area (Å²) in [5.41, 5.74) is 2.60. The van der Waals surface area contributed by atoms with E-state index < -0.39 is 0 Å². The lowest BCUT2D eigenvalue weighted by atomic mass is 10.1. The molecule has 20 heavy (non-hydrogen) atoms. The van der Waals surface area contributed by atoms with E-state index in [9.17, 15) is 4.39 Å². The molecule has 0 aliphatic rings. The normalized spacial score (nSPS) is 12.8. The van der Waals surface area contributed by atoms with E-state index in [4.69, 9.17) is 11.6 Å². The van der Waals surface area contributed by atoms with Crippen LogP contribution in [0.3, 0.4) is 0 Å². The van der Waals surface area contributed by atoms with Gasteiger partial charge in [0.2, 0.25) is 0 Å². The van der Waals surface area contributed by atoms with Crippen LogP contribution < -0.4 is 0 Å². The van der Waals surface area contributed by atoms with Gasteiger partial charge in [-0.2, -0.15) is 0 Å². The first-order valence-electron chi connectivity index (χ1n) is 6.34. The van der Waals surface area contributed by atoms with Crippen molar-refractivity contribution < 1.29 is 4.39 Å². The molecule has 0 amide bonds. The van der Waals surface area contributed by atoms with Gasteiger partial charge in [-0.1, -0.05) is 12.1 Å². The smallest absolute Gasteiger partial charge is 0.160 e.